The van der Waals surface area contributed by atoms with Crippen LogP contribution in [0.25, 0.3) is 0 Å². The number of fused-ring (bicyclic) bond motifs is 2. The van der Waals surface area contributed by atoms with Crippen molar-refractivity contribution in [3.05, 3.63) is 47.5 Å². The molecule has 0 fully saturated rings. The van der Waals surface area contributed by atoms with E-state index >= 15 is 0 Å². The van der Waals surface area contributed by atoms with Crippen LogP contribution in [0.15, 0.2) is 52.3 Å². The summed E-state index contributed by atoms with van der Waals surface area (Å²) in [5.41, 5.74) is 2.32. The molecule has 0 saturated heterocycles. The van der Waals surface area contributed by atoms with Crippen molar-refractivity contribution in [2.24, 2.45) is 0 Å². The van der Waals surface area contributed by atoms with Crippen LogP contribution in [0.2, 0.25) is 5.02 Å². The summed E-state index contributed by atoms with van der Waals surface area (Å²) in [6.45, 7) is 0. The van der Waals surface area contributed by atoms with Crippen molar-refractivity contribution in [3.63, 3.8) is 0 Å². The molecule has 0 spiro atoms. The van der Waals surface area contributed by atoms with Crippen molar-refractivity contribution in [3.8, 4) is 0 Å². The van der Waals surface area contributed by atoms with E-state index in [1.165, 1.54) is 15.5 Å². The van der Waals surface area contributed by atoms with E-state index in [1.807, 2.05) is 12.1 Å². The Bertz CT molecular complexity index is 553. The van der Waals surface area contributed by atoms with Gasteiger partial charge in [0.1, 0.15) is 0 Å². The SMILES string of the molecule is CN1c2ccccc2Sc2cccc(Cl)c21. The van der Waals surface area contributed by atoms with E-state index in [2.05, 4.69) is 42.3 Å². The molecule has 0 radical (unpaired) electrons. The molecule has 1 nitrogen and oxygen atoms in total. The zero-order valence-corrected chi connectivity index (χ0v) is 10.3. The van der Waals surface area contributed by atoms with Gasteiger partial charge in [-0.1, -0.05) is 41.6 Å². The quantitative estimate of drug-likeness (QED) is 0.671. The third-order valence-corrected chi connectivity index (χ3v) is 4.15. The fraction of sp³-hybridized carbons (Fsp3) is 0.0769. The smallest absolute Gasteiger partial charge is 0.0739 e. The van der Waals surface area contributed by atoms with Crippen LogP contribution in [-0.2, 0) is 0 Å². The highest BCUT2D eigenvalue weighted by Gasteiger charge is 2.21. The molecule has 1 aliphatic heterocycles. The molecule has 0 aliphatic carbocycles. The van der Waals surface area contributed by atoms with Crippen LogP contribution < -0.4 is 4.90 Å². The van der Waals surface area contributed by atoms with Gasteiger partial charge in [0, 0.05) is 16.8 Å². The minimum Gasteiger partial charge on any atom is -0.342 e. The molecule has 2 aromatic rings. The Morgan fingerprint density at radius 2 is 1.75 bits per heavy atom. The number of nitrogens with zero attached hydrogens (tertiary/aromatic N) is 1. The van der Waals surface area contributed by atoms with Gasteiger partial charge in [-0.3, -0.25) is 0 Å². The topological polar surface area (TPSA) is 3.24 Å². The van der Waals surface area contributed by atoms with Crippen molar-refractivity contribution < 1.29 is 0 Å². The predicted octanol–water partition coefficient (Wildman–Crippen LogP) is 4.57. The molecule has 3 rings (SSSR count). The van der Waals surface area contributed by atoms with Gasteiger partial charge in [0.05, 0.1) is 16.4 Å². The number of rotatable bonds is 0. The molecule has 16 heavy (non-hydrogen) atoms. The van der Waals surface area contributed by atoms with Gasteiger partial charge in [-0.25, -0.2) is 0 Å². The van der Waals surface area contributed by atoms with Crippen molar-refractivity contribution in [2.45, 2.75) is 9.79 Å². The molecule has 0 atom stereocenters. The summed E-state index contributed by atoms with van der Waals surface area (Å²) in [4.78, 5) is 4.65. The average molecular weight is 248 g/mol. The first-order chi connectivity index (χ1) is 7.77. The zero-order valence-electron chi connectivity index (χ0n) is 8.77. The van der Waals surface area contributed by atoms with Gasteiger partial charge < -0.3 is 4.90 Å². The van der Waals surface area contributed by atoms with Gasteiger partial charge in [0.15, 0.2) is 0 Å². The van der Waals surface area contributed by atoms with Crippen LogP contribution in [0, 0.1) is 0 Å². The van der Waals surface area contributed by atoms with Crippen LogP contribution in [0.1, 0.15) is 0 Å². The number of benzene rings is 2. The van der Waals surface area contributed by atoms with Gasteiger partial charge in [-0.2, -0.15) is 0 Å². The van der Waals surface area contributed by atoms with Crippen LogP contribution in [0.4, 0.5) is 11.4 Å². The Labute approximate surface area is 104 Å². The van der Waals surface area contributed by atoms with Crippen LogP contribution >= 0.6 is 23.4 Å². The maximum absolute atomic E-state index is 6.25. The molecule has 0 bridgehead atoms. The Morgan fingerprint density at radius 1 is 1.00 bits per heavy atom. The second-order valence-electron chi connectivity index (χ2n) is 3.72. The van der Waals surface area contributed by atoms with Crippen molar-refractivity contribution >= 4 is 34.7 Å². The minimum absolute atomic E-state index is 0.807. The van der Waals surface area contributed by atoms with E-state index in [1.54, 1.807) is 11.8 Å². The van der Waals surface area contributed by atoms with E-state index in [0.29, 0.717) is 0 Å². The lowest BCUT2D eigenvalue weighted by Crippen LogP contribution is -2.14. The highest BCUT2D eigenvalue weighted by atomic mass is 35.5. The maximum atomic E-state index is 6.25. The highest BCUT2D eigenvalue weighted by Crippen LogP contribution is 2.49. The summed E-state index contributed by atoms with van der Waals surface area (Å²) in [6, 6.07) is 14.4. The Kier molecular flexibility index (Phi) is 2.34. The zero-order chi connectivity index (χ0) is 11.1. The fourth-order valence-electron chi connectivity index (χ4n) is 1.96. The first kappa shape index (κ1) is 10.1. The van der Waals surface area contributed by atoms with Crippen molar-refractivity contribution in [2.75, 3.05) is 11.9 Å². The van der Waals surface area contributed by atoms with Crippen LogP contribution in [-0.4, -0.2) is 7.05 Å². The van der Waals surface area contributed by atoms with E-state index in [9.17, 15) is 0 Å². The molecule has 0 saturated carbocycles. The first-order valence-electron chi connectivity index (χ1n) is 5.06. The maximum Gasteiger partial charge on any atom is 0.0739 e. The molecular formula is C13H10ClNS. The Balaban J connectivity index is 2.23. The molecule has 3 heteroatoms. The van der Waals surface area contributed by atoms with E-state index in [-0.39, 0.29) is 0 Å². The second-order valence-corrected chi connectivity index (χ2v) is 5.21. The molecule has 0 aromatic heterocycles. The fourth-order valence-corrected chi connectivity index (χ4v) is 3.50. The summed E-state index contributed by atoms with van der Waals surface area (Å²) in [7, 11) is 2.06. The number of para-hydroxylation sites is 2. The highest BCUT2D eigenvalue weighted by molar-refractivity contribution is 7.99. The normalized spacial score (nSPS) is 13.2. The summed E-state index contributed by atoms with van der Waals surface area (Å²) in [5.74, 6) is 0. The minimum atomic E-state index is 0.807. The number of hydrogen-bond donors (Lipinski definition) is 0. The lowest BCUT2D eigenvalue weighted by atomic mass is 10.2. The number of anilines is 2. The van der Waals surface area contributed by atoms with Gasteiger partial charge in [0.2, 0.25) is 0 Å². The van der Waals surface area contributed by atoms with E-state index in [4.69, 9.17) is 11.6 Å². The molecule has 2 aromatic carbocycles. The molecule has 1 aliphatic rings. The Hall–Kier alpha value is -1.12. The molecule has 1 heterocycles. The third kappa shape index (κ3) is 1.41. The summed E-state index contributed by atoms with van der Waals surface area (Å²) in [6.07, 6.45) is 0. The second kappa shape index (κ2) is 3.72. The van der Waals surface area contributed by atoms with Gasteiger partial charge in [-0.15, -0.1) is 0 Å². The number of halogens is 1. The van der Waals surface area contributed by atoms with E-state index in [0.717, 1.165) is 10.7 Å². The van der Waals surface area contributed by atoms with Crippen LogP contribution in [0.3, 0.4) is 0 Å². The Morgan fingerprint density at radius 3 is 2.62 bits per heavy atom. The lowest BCUT2D eigenvalue weighted by Gasteiger charge is -2.30. The number of hydrogen-bond acceptors (Lipinski definition) is 2. The molecule has 0 N–H and O–H groups in total. The van der Waals surface area contributed by atoms with Crippen molar-refractivity contribution in [1.29, 1.82) is 0 Å². The third-order valence-electron chi connectivity index (χ3n) is 2.73. The molecule has 80 valence electrons. The summed E-state index contributed by atoms with van der Waals surface area (Å²) >= 11 is 8.02. The largest absolute Gasteiger partial charge is 0.342 e. The van der Waals surface area contributed by atoms with Gasteiger partial charge in [0.25, 0.3) is 0 Å². The van der Waals surface area contributed by atoms with Gasteiger partial charge in [-0.05, 0) is 24.3 Å². The summed E-state index contributed by atoms with van der Waals surface area (Å²) < 4.78 is 0. The molecule has 0 amide bonds. The molecular weight excluding hydrogens is 238 g/mol. The predicted molar refractivity (Wildman–Crippen MR) is 70.1 cm³/mol. The van der Waals surface area contributed by atoms with Crippen molar-refractivity contribution in [1.82, 2.24) is 0 Å². The van der Waals surface area contributed by atoms with E-state index < -0.39 is 0 Å². The van der Waals surface area contributed by atoms with Gasteiger partial charge >= 0.3 is 0 Å². The summed E-state index contributed by atoms with van der Waals surface area (Å²) in [5, 5.41) is 0.807. The monoisotopic (exact) mass is 247 g/mol. The lowest BCUT2D eigenvalue weighted by molar-refractivity contribution is 1.11. The first-order valence-corrected chi connectivity index (χ1v) is 6.26. The average Bonchev–Trinajstić information content (AvgIpc) is 2.29. The van der Waals surface area contributed by atoms with Crippen LogP contribution in [0.5, 0.6) is 0 Å². The molecule has 0 unspecified atom stereocenters. The standard InChI is InChI=1S/C13H10ClNS/c1-15-10-6-2-3-7-11(10)16-12-8-4-5-9(14)13(12)15/h2-8H,1H3.